The van der Waals surface area contributed by atoms with Crippen molar-refractivity contribution in [2.24, 2.45) is 0 Å². The first-order valence-electron chi connectivity index (χ1n) is 6.26. The van der Waals surface area contributed by atoms with Crippen molar-refractivity contribution in [3.8, 4) is 0 Å². The van der Waals surface area contributed by atoms with Crippen molar-refractivity contribution in [2.45, 2.75) is 18.8 Å². The highest BCUT2D eigenvalue weighted by atomic mass is 32.1. The van der Waals surface area contributed by atoms with E-state index in [1.54, 1.807) is 11.3 Å². The van der Waals surface area contributed by atoms with E-state index in [9.17, 15) is 4.79 Å². The zero-order chi connectivity index (χ0) is 13.5. The van der Waals surface area contributed by atoms with Gasteiger partial charge in [0.2, 0.25) is 0 Å². The van der Waals surface area contributed by atoms with Gasteiger partial charge in [0.15, 0.2) is 0 Å². The van der Waals surface area contributed by atoms with Crippen LogP contribution in [0.4, 0.5) is 0 Å². The standard InChI is InChI=1S/C14H17NO2S2/c16-7-4-11(13-2-1-8-19-13)3-6-15-14(17)12-5-9-18-10-12/h1-2,5,8-11,16H,3-4,6-7H2,(H,15,17). The Hall–Kier alpha value is -1.17. The van der Waals surface area contributed by atoms with Crippen LogP contribution in [0.1, 0.15) is 34.0 Å². The van der Waals surface area contributed by atoms with Crippen molar-refractivity contribution in [1.82, 2.24) is 5.32 Å². The molecule has 0 saturated heterocycles. The quantitative estimate of drug-likeness (QED) is 0.824. The summed E-state index contributed by atoms with van der Waals surface area (Å²) in [6, 6.07) is 5.93. The molecule has 0 spiro atoms. The fraction of sp³-hybridized carbons (Fsp3) is 0.357. The minimum atomic E-state index is -0.0184. The Kier molecular flexibility index (Phi) is 5.57. The van der Waals surface area contributed by atoms with Crippen molar-refractivity contribution >= 4 is 28.6 Å². The first-order valence-corrected chi connectivity index (χ1v) is 8.08. The van der Waals surface area contributed by atoms with Gasteiger partial charge < -0.3 is 10.4 Å². The average Bonchev–Trinajstić information content (AvgIpc) is 3.10. The van der Waals surface area contributed by atoms with Gasteiger partial charge in [-0.05, 0) is 41.7 Å². The fourth-order valence-electron chi connectivity index (χ4n) is 1.96. The summed E-state index contributed by atoms with van der Waals surface area (Å²) in [6.45, 7) is 0.818. The summed E-state index contributed by atoms with van der Waals surface area (Å²) in [7, 11) is 0. The Morgan fingerprint density at radius 3 is 2.84 bits per heavy atom. The van der Waals surface area contributed by atoms with Crippen molar-refractivity contribution in [3.63, 3.8) is 0 Å². The largest absolute Gasteiger partial charge is 0.396 e. The molecule has 0 fully saturated rings. The van der Waals surface area contributed by atoms with Crippen molar-refractivity contribution in [3.05, 3.63) is 44.8 Å². The van der Waals surface area contributed by atoms with E-state index >= 15 is 0 Å². The number of thiophene rings is 2. The van der Waals surface area contributed by atoms with Gasteiger partial charge >= 0.3 is 0 Å². The van der Waals surface area contributed by atoms with Crippen LogP contribution in [-0.4, -0.2) is 24.2 Å². The maximum absolute atomic E-state index is 11.8. The van der Waals surface area contributed by atoms with Crippen LogP contribution in [0.2, 0.25) is 0 Å². The van der Waals surface area contributed by atoms with Gasteiger partial charge in [0.1, 0.15) is 0 Å². The van der Waals surface area contributed by atoms with Gasteiger partial charge in [-0.1, -0.05) is 6.07 Å². The topological polar surface area (TPSA) is 49.3 Å². The molecule has 1 atom stereocenters. The molecule has 3 nitrogen and oxygen atoms in total. The number of amides is 1. The summed E-state index contributed by atoms with van der Waals surface area (Å²) in [5, 5.41) is 17.8. The summed E-state index contributed by atoms with van der Waals surface area (Å²) in [6.07, 6.45) is 1.60. The van der Waals surface area contributed by atoms with Crippen LogP contribution in [0.3, 0.4) is 0 Å². The lowest BCUT2D eigenvalue weighted by Gasteiger charge is -2.14. The van der Waals surface area contributed by atoms with Crippen LogP contribution >= 0.6 is 22.7 Å². The number of carbonyl (C=O) groups is 1. The molecule has 2 N–H and O–H groups in total. The van der Waals surface area contributed by atoms with Gasteiger partial charge in [0.05, 0.1) is 0 Å². The Morgan fingerprint density at radius 2 is 2.21 bits per heavy atom. The summed E-state index contributed by atoms with van der Waals surface area (Å²) in [4.78, 5) is 13.1. The SMILES string of the molecule is O=C(NCCC(CCO)c1cccs1)c1ccsc1. The Morgan fingerprint density at radius 1 is 1.32 bits per heavy atom. The normalized spacial score (nSPS) is 12.3. The molecule has 2 rings (SSSR count). The smallest absolute Gasteiger partial charge is 0.252 e. The van der Waals surface area contributed by atoms with Gasteiger partial charge in [0.25, 0.3) is 5.91 Å². The lowest BCUT2D eigenvalue weighted by Crippen LogP contribution is -2.25. The molecule has 102 valence electrons. The third kappa shape index (κ3) is 4.16. The number of hydrogen-bond acceptors (Lipinski definition) is 4. The number of aliphatic hydroxyl groups excluding tert-OH is 1. The van der Waals surface area contributed by atoms with E-state index in [0.717, 1.165) is 18.4 Å². The lowest BCUT2D eigenvalue weighted by atomic mass is 10.00. The van der Waals surface area contributed by atoms with Crippen LogP contribution < -0.4 is 5.32 Å². The van der Waals surface area contributed by atoms with Gasteiger partial charge in [-0.15, -0.1) is 11.3 Å². The number of nitrogens with one attached hydrogen (secondary N) is 1. The van der Waals surface area contributed by atoms with Crippen LogP contribution in [0.15, 0.2) is 34.3 Å². The Labute approximate surface area is 120 Å². The molecule has 19 heavy (non-hydrogen) atoms. The zero-order valence-electron chi connectivity index (χ0n) is 10.5. The third-order valence-corrected chi connectivity index (χ3v) is 4.70. The Bertz CT molecular complexity index is 480. The van der Waals surface area contributed by atoms with Gasteiger partial charge in [0, 0.05) is 29.0 Å². The predicted molar refractivity (Wildman–Crippen MR) is 80.0 cm³/mol. The molecular formula is C14H17NO2S2. The maximum atomic E-state index is 11.8. The summed E-state index contributed by atoms with van der Waals surface area (Å²) < 4.78 is 0. The highest BCUT2D eigenvalue weighted by Gasteiger charge is 2.13. The van der Waals surface area contributed by atoms with E-state index in [4.69, 9.17) is 5.11 Å². The van der Waals surface area contributed by atoms with E-state index in [1.807, 2.05) is 28.3 Å². The molecule has 2 aromatic heterocycles. The van der Waals surface area contributed by atoms with E-state index in [1.165, 1.54) is 16.2 Å². The zero-order valence-corrected chi connectivity index (χ0v) is 12.2. The van der Waals surface area contributed by atoms with Gasteiger partial charge in [-0.25, -0.2) is 0 Å². The second kappa shape index (κ2) is 7.43. The van der Waals surface area contributed by atoms with Crippen LogP contribution in [0.25, 0.3) is 0 Å². The molecule has 5 heteroatoms. The molecule has 0 radical (unpaired) electrons. The molecule has 0 saturated carbocycles. The first-order chi connectivity index (χ1) is 9.31. The third-order valence-electron chi connectivity index (χ3n) is 2.98. The average molecular weight is 295 g/mol. The molecule has 0 aromatic carbocycles. The molecule has 2 heterocycles. The Balaban J connectivity index is 1.81. The molecule has 1 amide bonds. The number of rotatable bonds is 7. The fourth-order valence-corrected chi connectivity index (χ4v) is 3.50. The van der Waals surface area contributed by atoms with E-state index in [0.29, 0.717) is 12.5 Å². The molecule has 2 aromatic rings. The number of aliphatic hydroxyl groups is 1. The highest BCUT2D eigenvalue weighted by Crippen LogP contribution is 2.26. The molecule has 0 aliphatic carbocycles. The predicted octanol–water partition coefficient (Wildman–Crippen LogP) is 3.10. The van der Waals surface area contributed by atoms with Gasteiger partial charge in [-0.3, -0.25) is 4.79 Å². The molecular weight excluding hydrogens is 278 g/mol. The molecule has 0 bridgehead atoms. The highest BCUT2D eigenvalue weighted by molar-refractivity contribution is 7.10. The summed E-state index contributed by atoms with van der Waals surface area (Å²) >= 11 is 3.23. The van der Waals surface area contributed by atoms with Crippen molar-refractivity contribution < 1.29 is 9.90 Å². The first kappa shape index (κ1) is 14.2. The second-order valence-electron chi connectivity index (χ2n) is 4.28. The van der Waals surface area contributed by atoms with Crippen LogP contribution in [0.5, 0.6) is 0 Å². The molecule has 0 aliphatic rings. The molecule has 1 unspecified atom stereocenters. The number of carbonyl (C=O) groups excluding carboxylic acids is 1. The monoisotopic (exact) mass is 295 g/mol. The minimum Gasteiger partial charge on any atom is -0.396 e. The lowest BCUT2D eigenvalue weighted by molar-refractivity contribution is 0.0952. The maximum Gasteiger partial charge on any atom is 0.252 e. The molecule has 0 aliphatic heterocycles. The van der Waals surface area contributed by atoms with Crippen molar-refractivity contribution in [2.75, 3.05) is 13.2 Å². The summed E-state index contributed by atoms with van der Waals surface area (Å²) in [5.74, 6) is 0.308. The van der Waals surface area contributed by atoms with E-state index < -0.39 is 0 Å². The second-order valence-corrected chi connectivity index (χ2v) is 6.04. The van der Waals surface area contributed by atoms with E-state index in [-0.39, 0.29) is 12.5 Å². The number of hydrogen-bond donors (Lipinski definition) is 2. The minimum absolute atomic E-state index is 0.0184. The van der Waals surface area contributed by atoms with E-state index in [2.05, 4.69) is 11.4 Å². The van der Waals surface area contributed by atoms with Crippen LogP contribution in [0, 0.1) is 0 Å². The van der Waals surface area contributed by atoms with Crippen LogP contribution in [-0.2, 0) is 0 Å². The van der Waals surface area contributed by atoms with Crippen molar-refractivity contribution in [1.29, 1.82) is 0 Å². The summed E-state index contributed by atoms with van der Waals surface area (Å²) in [5.41, 5.74) is 0.722. The van der Waals surface area contributed by atoms with Gasteiger partial charge in [-0.2, -0.15) is 11.3 Å².